The molecular weight excluding hydrogens is 362 g/mol. The highest BCUT2D eigenvalue weighted by Gasteiger charge is 2.30. The van der Waals surface area contributed by atoms with E-state index >= 15 is 0 Å². The summed E-state index contributed by atoms with van der Waals surface area (Å²) in [6, 6.07) is 13.1. The first-order valence-electron chi connectivity index (χ1n) is 10.7. The van der Waals surface area contributed by atoms with E-state index in [4.69, 9.17) is 10.1 Å². The molecule has 0 bridgehead atoms. The second-order valence-electron chi connectivity index (χ2n) is 8.25. The fourth-order valence-electron chi connectivity index (χ4n) is 4.66. The minimum atomic E-state index is 0.495. The Bertz CT molecular complexity index is 1180. The van der Waals surface area contributed by atoms with Crippen LogP contribution in [0.1, 0.15) is 56.2 Å². The van der Waals surface area contributed by atoms with Gasteiger partial charge in [0, 0.05) is 31.5 Å². The first-order chi connectivity index (χ1) is 14.3. The number of imidazole rings is 1. The first-order valence-corrected chi connectivity index (χ1v) is 10.7. The van der Waals surface area contributed by atoms with Gasteiger partial charge < -0.3 is 9.47 Å². The van der Waals surface area contributed by atoms with Crippen LogP contribution in [0, 0.1) is 0 Å². The smallest absolute Gasteiger partial charge is 0.178 e. The molecule has 0 spiro atoms. The van der Waals surface area contributed by atoms with Crippen LogP contribution in [0.5, 0.6) is 0 Å². The maximum absolute atomic E-state index is 4.89. The second kappa shape index (κ2) is 6.54. The van der Waals surface area contributed by atoms with Crippen molar-refractivity contribution in [2.45, 2.75) is 51.0 Å². The fourth-order valence-corrected chi connectivity index (χ4v) is 4.66. The number of anilines is 1. The average Bonchev–Trinajstić information content (AvgIpc) is 3.41. The third-order valence-electron chi connectivity index (χ3n) is 6.35. The number of rotatable bonds is 4. The molecule has 0 radical (unpaired) electrons. The molecule has 0 unspecified atom stereocenters. The first kappa shape index (κ1) is 16.9. The number of benzene rings is 1. The van der Waals surface area contributed by atoms with Crippen LogP contribution in [0.3, 0.4) is 0 Å². The molecule has 148 valence electrons. The zero-order chi connectivity index (χ0) is 19.4. The Morgan fingerprint density at radius 3 is 2.59 bits per heavy atom. The predicted molar refractivity (Wildman–Crippen MR) is 112 cm³/mol. The van der Waals surface area contributed by atoms with E-state index in [-0.39, 0.29) is 0 Å². The summed E-state index contributed by atoms with van der Waals surface area (Å²) in [4.78, 5) is 7.26. The molecule has 4 aromatic rings. The van der Waals surface area contributed by atoms with Gasteiger partial charge in [0.25, 0.3) is 0 Å². The van der Waals surface area contributed by atoms with Crippen molar-refractivity contribution >= 4 is 22.5 Å². The summed E-state index contributed by atoms with van der Waals surface area (Å²) in [5.74, 6) is 3.79. The lowest BCUT2D eigenvalue weighted by Gasteiger charge is -2.34. The lowest BCUT2D eigenvalue weighted by molar-refractivity contribution is 0.393. The molecular formula is C22H25N7. The van der Waals surface area contributed by atoms with E-state index in [1.807, 2.05) is 10.6 Å². The molecule has 1 aromatic carbocycles. The number of fused-ring (bicyclic) bond motifs is 2. The summed E-state index contributed by atoms with van der Waals surface area (Å²) in [7, 11) is 0. The van der Waals surface area contributed by atoms with Gasteiger partial charge in [-0.25, -0.2) is 4.98 Å². The average molecular weight is 387 g/mol. The Labute approximate surface area is 169 Å². The molecule has 29 heavy (non-hydrogen) atoms. The highest BCUT2D eigenvalue weighted by Crippen LogP contribution is 2.39. The van der Waals surface area contributed by atoms with Gasteiger partial charge >= 0.3 is 0 Å². The van der Waals surface area contributed by atoms with E-state index < -0.39 is 0 Å². The highest BCUT2D eigenvalue weighted by atomic mass is 15.4. The van der Waals surface area contributed by atoms with Crippen molar-refractivity contribution in [2.24, 2.45) is 0 Å². The van der Waals surface area contributed by atoms with E-state index in [9.17, 15) is 0 Å². The molecule has 7 heteroatoms. The van der Waals surface area contributed by atoms with Gasteiger partial charge in [-0.1, -0.05) is 19.1 Å². The Morgan fingerprint density at radius 2 is 1.79 bits per heavy atom. The van der Waals surface area contributed by atoms with Crippen molar-refractivity contribution < 1.29 is 0 Å². The van der Waals surface area contributed by atoms with Gasteiger partial charge in [0.2, 0.25) is 0 Å². The zero-order valence-electron chi connectivity index (χ0n) is 16.7. The quantitative estimate of drug-likeness (QED) is 0.534. The highest BCUT2D eigenvalue weighted by molar-refractivity contribution is 5.76. The van der Waals surface area contributed by atoms with E-state index in [0.29, 0.717) is 12.0 Å². The molecule has 3 aromatic heterocycles. The van der Waals surface area contributed by atoms with Crippen LogP contribution in [-0.2, 0) is 6.42 Å². The molecule has 0 N–H and O–H groups in total. The molecule has 2 aliphatic rings. The third kappa shape index (κ3) is 2.79. The van der Waals surface area contributed by atoms with Crippen LogP contribution in [-0.4, -0.2) is 42.5 Å². The molecule has 0 amide bonds. The van der Waals surface area contributed by atoms with Crippen LogP contribution in [0.15, 0.2) is 36.4 Å². The van der Waals surface area contributed by atoms with Crippen LogP contribution in [0.25, 0.3) is 16.7 Å². The lowest BCUT2D eigenvalue weighted by Crippen LogP contribution is -2.35. The van der Waals surface area contributed by atoms with Crippen LogP contribution < -0.4 is 4.90 Å². The minimum absolute atomic E-state index is 0.495. The summed E-state index contributed by atoms with van der Waals surface area (Å²) in [6.07, 6.45) is 5.58. The zero-order valence-corrected chi connectivity index (χ0v) is 16.7. The van der Waals surface area contributed by atoms with Gasteiger partial charge in [0.05, 0.1) is 11.0 Å². The van der Waals surface area contributed by atoms with Gasteiger partial charge in [0.15, 0.2) is 11.5 Å². The number of piperidine rings is 1. The third-order valence-corrected chi connectivity index (χ3v) is 6.35. The molecule has 1 aliphatic heterocycles. The summed E-state index contributed by atoms with van der Waals surface area (Å²) < 4.78 is 4.44. The molecule has 1 aliphatic carbocycles. The molecule has 1 saturated carbocycles. The SMILES string of the molecule is CCc1nc2ccccc2n1C1CCN(c2ccc3nnc(C4CC4)n3n2)CC1. The Kier molecular flexibility index (Phi) is 3.82. The number of aryl methyl sites for hydroxylation is 1. The number of para-hydroxylation sites is 2. The van der Waals surface area contributed by atoms with Crippen LogP contribution in [0.2, 0.25) is 0 Å². The number of nitrogens with zero attached hydrogens (tertiary/aromatic N) is 7. The maximum Gasteiger partial charge on any atom is 0.178 e. The largest absolute Gasteiger partial charge is 0.355 e. The van der Waals surface area contributed by atoms with Crippen molar-refractivity contribution in [1.82, 2.24) is 29.4 Å². The molecule has 0 atom stereocenters. The Balaban J connectivity index is 1.26. The summed E-state index contributed by atoms with van der Waals surface area (Å²) in [5, 5.41) is 13.5. The van der Waals surface area contributed by atoms with Crippen LogP contribution >= 0.6 is 0 Å². The van der Waals surface area contributed by atoms with Gasteiger partial charge in [-0.15, -0.1) is 15.3 Å². The van der Waals surface area contributed by atoms with E-state index in [0.717, 1.165) is 55.2 Å². The normalized spacial score (nSPS) is 18.2. The Morgan fingerprint density at radius 1 is 0.966 bits per heavy atom. The van der Waals surface area contributed by atoms with E-state index in [1.54, 1.807) is 0 Å². The standard InChI is InChI=1S/C22H25N7/c1-2-19-23-17-5-3-4-6-18(17)28(19)16-11-13-27(14-12-16)21-10-9-20-24-25-22(15-7-8-15)29(20)26-21/h3-6,9-10,15-16H,2,7-8,11-14H2,1H3. The maximum atomic E-state index is 4.89. The van der Waals surface area contributed by atoms with Gasteiger partial charge in [-0.05, 0) is 49.9 Å². The van der Waals surface area contributed by atoms with E-state index in [2.05, 4.69) is 56.9 Å². The number of hydrogen-bond acceptors (Lipinski definition) is 5. The monoisotopic (exact) mass is 387 g/mol. The molecule has 6 rings (SSSR count). The van der Waals surface area contributed by atoms with Gasteiger partial charge in [-0.3, -0.25) is 0 Å². The second-order valence-corrected chi connectivity index (χ2v) is 8.25. The van der Waals surface area contributed by atoms with Crippen molar-refractivity contribution in [3.63, 3.8) is 0 Å². The van der Waals surface area contributed by atoms with Crippen molar-refractivity contribution in [3.8, 4) is 0 Å². The van der Waals surface area contributed by atoms with Crippen molar-refractivity contribution in [3.05, 3.63) is 48.0 Å². The lowest BCUT2D eigenvalue weighted by atomic mass is 10.0. The number of hydrogen-bond donors (Lipinski definition) is 0. The molecule has 4 heterocycles. The molecule has 1 saturated heterocycles. The van der Waals surface area contributed by atoms with Crippen LogP contribution in [0.4, 0.5) is 5.82 Å². The summed E-state index contributed by atoms with van der Waals surface area (Å²) in [5.41, 5.74) is 3.23. The van der Waals surface area contributed by atoms with Crippen molar-refractivity contribution in [1.29, 1.82) is 0 Å². The van der Waals surface area contributed by atoms with Crippen molar-refractivity contribution in [2.75, 3.05) is 18.0 Å². The van der Waals surface area contributed by atoms with Gasteiger partial charge in [0.1, 0.15) is 11.6 Å². The summed E-state index contributed by atoms with van der Waals surface area (Å²) >= 11 is 0. The predicted octanol–water partition coefficient (Wildman–Crippen LogP) is 3.76. The minimum Gasteiger partial charge on any atom is -0.355 e. The summed E-state index contributed by atoms with van der Waals surface area (Å²) in [6.45, 7) is 4.20. The van der Waals surface area contributed by atoms with E-state index in [1.165, 1.54) is 24.2 Å². The topological polar surface area (TPSA) is 64.1 Å². The Hall–Kier alpha value is -2.96. The van der Waals surface area contributed by atoms with Gasteiger partial charge in [-0.2, -0.15) is 4.52 Å². The molecule has 7 nitrogen and oxygen atoms in total. The number of aromatic nitrogens is 6. The molecule has 2 fully saturated rings. The fraction of sp³-hybridized carbons (Fsp3) is 0.455.